The van der Waals surface area contributed by atoms with Crippen LogP contribution in [0.4, 0.5) is 0 Å². The first-order valence-electron chi connectivity index (χ1n) is 5.94. The summed E-state index contributed by atoms with van der Waals surface area (Å²) in [4.78, 5) is 2.46. The molecule has 0 aromatic rings. The van der Waals surface area contributed by atoms with Gasteiger partial charge in [-0.05, 0) is 25.7 Å². The van der Waals surface area contributed by atoms with E-state index in [2.05, 4.69) is 4.90 Å². The Morgan fingerprint density at radius 2 is 2.20 bits per heavy atom. The molecule has 1 saturated heterocycles. The highest BCUT2D eigenvalue weighted by Crippen LogP contribution is 2.28. The highest BCUT2D eigenvalue weighted by molar-refractivity contribution is 5.76. The predicted molar refractivity (Wildman–Crippen MR) is 60.1 cm³/mol. The normalized spacial score (nSPS) is 26.1. The van der Waals surface area contributed by atoms with E-state index in [0.29, 0.717) is 18.4 Å². The van der Waals surface area contributed by atoms with Crippen LogP contribution in [0.15, 0.2) is 0 Å². The maximum atomic E-state index is 7.25. The topological polar surface area (TPSA) is 62.3 Å². The second-order valence-corrected chi connectivity index (χ2v) is 4.64. The lowest BCUT2D eigenvalue weighted by Crippen LogP contribution is -2.36. The predicted octanol–water partition coefficient (Wildman–Crippen LogP) is 0.956. The number of hydrogen-bond acceptors (Lipinski definition) is 3. The minimum atomic E-state index is 0.299. The van der Waals surface area contributed by atoms with Crippen molar-refractivity contribution >= 4 is 5.84 Å². The lowest BCUT2D eigenvalue weighted by Gasteiger charge is -2.24. The first kappa shape index (κ1) is 10.9. The first-order valence-corrected chi connectivity index (χ1v) is 5.94. The molecular weight excluding hydrogens is 190 g/mol. The number of nitrogens with zero attached hydrogens (tertiary/aromatic N) is 1. The maximum Gasteiger partial charge on any atom is 0.0918 e. The van der Waals surface area contributed by atoms with Crippen LogP contribution in [-0.2, 0) is 4.74 Å². The van der Waals surface area contributed by atoms with Crippen molar-refractivity contribution in [2.24, 2.45) is 5.73 Å². The van der Waals surface area contributed by atoms with Gasteiger partial charge in [0.25, 0.3) is 0 Å². The van der Waals surface area contributed by atoms with Gasteiger partial charge >= 0.3 is 0 Å². The molecule has 1 aliphatic heterocycles. The van der Waals surface area contributed by atoms with E-state index in [1.807, 2.05) is 0 Å². The smallest absolute Gasteiger partial charge is 0.0918 e. The summed E-state index contributed by atoms with van der Waals surface area (Å²) in [5.41, 5.74) is 5.39. The molecule has 0 bridgehead atoms. The van der Waals surface area contributed by atoms with E-state index < -0.39 is 0 Å². The summed E-state index contributed by atoms with van der Waals surface area (Å²) in [6, 6.07) is 0.744. The largest absolute Gasteiger partial charge is 0.388 e. The van der Waals surface area contributed by atoms with Crippen LogP contribution < -0.4 is 5.73 Å². The average Bonchev–Trinajstić information content (AvgIpc) is 2.91. The van der Waals surface area contributed by atoms with E-state index >= 15 is 0 Å². The summed E-state index contributed by atoms with van der Waals surface area (Å²) in [7, 11) is 0. The Morgan fingerprint density at radius 1 is 1.40 bits per heavy atom. The molecule has 1 saturated carbocycles. The van der Waals surface area contributed by atoms with Gasteiger partial charge in [0.15, 0.2) is 0 Å². The Labute approximate surface area is 91.3 Å². The van der Waals surface area contributed by atoms with Gasteiger partial charge < -0.3 is 10.5 Å². The Bertz CT molecular complexity index is 222. The van der Waals surface area contributed by atoms with Crippen molar-refractivity contribution in [2.45, 2.75) is 44.2 Å². The molecule has 2 rings (SSSR count). The van der Waals surface area contributed by atoms with Crippen LogP contribution in [0.25, 0.3) is 0 Å². The standard InChI is InChI=1S/C11H21N3O/c12-11(13)5-6-14(9-3-4-9)8-10-2-1-7-15-10/h9-10H,1-8H2,(H3,12,13). The maximum absolute atomic E-state index is 7.25. The van der Waals surface area contributed by atoms with Gasteiger partial charge in [-0.3, -0.25) is 10.3 Å². The van der Waals surface area contributed by atoms with Crippen molar-refractivity contribution in [3.05, 3.63) is 0 Å². The SMILES string of the molecule is N=C(N)CCN(CC1CCCO1)C1CC1. The van der Waals surface area contributed by atoms with Gasteiger partial charge in [0.1, 0.15) is 0 Å². The molecule has 0 aromatic heterocycles. The summed E-state index contributed by atoms with van der Waals surface area (Å²) in [6.07, 6.45) is 6.15. The summed E-state index contributed by atoms with van der Waals surface area (Å²) in [5, 5.41) is 7.25. The molecule has 3 N–H and O–H groups in total. The summed E-state index contributed by atoms with van der Waals surface area (Å²) in [6.45, 7) is 2.90. The Balaban J connectivity index is 1.74. The van der Waals surface area contributed by atoms with Crippen LogP contribution in [0, 0.1) is 5.41 Å². The number of hydrogen-bond donors (Lipinski definition) is 2. The van der Waals surface area contributed by atoms with Crippen LogP contribution in [0.1, 0.15) is 32.1 Å². The third-order valence-corrected chi connectivity index (χ3v) is 3.19. The van der Waals surface area contributed by atoms with Crippen LogP contribution >= 0.6 is 0 Å². The van der Waals surface area contributed by atoms with E-state index in [0.717, 1.165) is 25.7 Å². The molecule has 86 valence electrons. The van der Waals surface area contributed by atoms with Crippen molar-refractivity contribution in [3.8, 4) is 0 Å². The molecule has 1 heterocycles. The molecule has 1 atom stereocenters. The van der Waals surface area contributed by atoms with Gasteiger partial charge in [-0.25, -0.2) is 0 Å². The highest BCUT2D eigenvalue weighted by Gasteiger charge is 2.31. The average molecular weight is 211 g/mol. The molecule has 0 amide bonds. The summed E-state index contributed by atoms with van der Waals surface area (Å²) >= 11 is 0. The second-order valence-electron chi connectivity index (χ2n) is 4.64. The molecular formula is C11H21N3O. The lowest BCUT2D eigenvalue weighted by atomic mass is 10.2. The molecule has 2 fully saturated rings. The van der Waals surface area contributed by atoms with Crippen molar-refractivity contribution in [1.29, 1.82) is 5.41 Å². The van der Waals surface area contributed by atoms with Gasteiger partial charge in [0, 0.05) is 32.2 Å². The molecule has 2 aliphatic rings. The Kier molecular flexibility index (Phi) is 3.59. The molecule has 1 aliphatic carbocycles. The first-order chi connectivity index (χ1) is 7.25. The monoisotopic (exact) mass is 211 g/mol. The fraction of sp³-hybridized carbons (Fsp3) is 0.909. The van der Waals surface area contributed by atoms with E-state index in [1.165, 1.54) is 25.7 Å². The molecule has 4 nitrogen and oxygen atoms in total. The quantitative estimate of drug-likeness (QED) is 0.508. The number of nitrogens with one attached hydrogen (secondary N) is 1. The third-order valence-electron chi connectivity index (χ3n) is 3.19. The van der Waals surface area contributed by atoms with Gasteiger partial charge in [-0.2, -0.15) is 0 Å². The van der Waals surface area contributed by atoms with Crippen molar-refractivity contribution in [2.75, 3.05) is 19.7 Å². The summed E-state index contributed by atoms with van der Waals surface area (Å²) in [5.74, 6) is 0.299. The van der Waals surface area contributed by atoms with E-state index in [4.69, 9.17) is 15.9 Å². The second kappa shape index (κ2) is 4.94. The zero-order chi connectivity index (χ0) is 10.7. The molecule has 0 radical (unpaired) electrons. The lowest BCUT2D eigenvalue weighted by molar-refractivity contribution is 0.0713. The van der Waals surface area contributed by atoms with Crippen LogP contribution in [0.5, 0.6) is 0 Å². The Hall–Kier alpha value is -0.610. The Morgan fingerprint density at radius 3 is 2.73 bits per heavy atom. The fourth-order valence-electron chi connectivity index (χ4n) is 2.18. The van der Waals surface area contributed by atoms with Gasteiger partial charge in [0.05, 0.1) is 11.9 Å². The fourth-order valence-corrected chi connectivity index (χ4v) is 2.18. The zero-order valence-electron chi connectivity index (χ0n) is 9.24. The molecule has 0 spiro atoms. The minimum Gasteiger partial charge on any atom is -0.388 e. The van der Waals surface area contributed by atoms with Crippen molar-refractivity contribution in [3.63, 3.8) is 0 Å². The zero-order valence-corrected chi connectivity index (χ0v) is 9.24. The molecule has 1 unspecified atom stereocenters. The third kappa shape index (κ3) is 3.47. The molecule has 0 aromatic carbocycles. The van der Waals surface area contributed by atoms with Crippen LogP contribution in [0.3, 0.4) is 0 Å². The molecule has 15 heavy (non-hydrogen) atoms. The molecule has 4 heteroatoms. The van der Waals surface area contributed by atoms with Crippen LogP contribution in [0.2, 0.25) is 0 Å². The summed E-state index contributed by atoms with van der Waals surface area (Å²) < 4.78 is 5.64. The highest BCUT2D eigenvalue weighted by atomic mass is 16.5. The van der Waals surface area contributed by atoms with Gasteiger partial charge in [0.2, 0.25) is 0 Å². The number of nitrogens with two attached hydrogens (primary N) is 1. The van der Waals surface area contributed by atoms with E-state index in [-0.39, 0.29) is 0 Å². The van der Waals surface area contributed by atoms with Crippen molar-refractivity contribution in [1.82, 2.24) is 4.90 Å². The minimum absolute atomic E-state index is 0.299. The van der Waals surface area contributed by atoms with Gasteiger partial charge in [-0.1, -0.05) is 0 Å². The van der Waals surface area contributed by atoms with Crippen molar-refractivity contribution < 1.29 is 4.74 Å². The van der Waals surface area contributed by atoms with E-state index in [9.17, 15) is 0 Å². The number of ether oxygens (including phenoxy) is 1. The number of rotatable bonds is 6. The van der Waals surface area contributed by atoms with Gasteiger partial charge in [-0.15, -0.1) is 0 Å². The van der Waals surface area contributed by atoms with E-state index in [1.54, 1.807) is 0 Å². The van der Waals surface area contributed by atoms with Crippen LogP contribution in [-0.4, -0.2) is 42.6 Å². The number of amidine groups is 1.